The van der Waals surface area contributed by atoms with E-state index in [9.17, 15) is 0 Å². The van der Waals surface area contributed by atoms with E-state index in [-0.39, 0.29) is 0 Å². The third-order valence-electron chi connectivity index (χ3n) is 3.87. The molecular weight excluding hydrogens is 236 g/mol. The highest BCUT2D eigenvalue weighted by atomic mass is 16.5. The Bertz CT molecular complexity index is 404. The zero-order chi connectivity index (χ0) is 13.7. The van der Waals surface area contributed by atoms with Crippen LogP contribution in [0.4, 0.5) is 0 Å². The molecule has 1 aromatic rings. The van der Waals surface area contributed by atoms with Crippen molar-refractivity contribution in [1.29, 1.82) is 0 Å². The zero-order valence-corrected chi connectivity index (χ0v) is 12.4. The topological polar surface area (TPSA) is 24.5 Å². The summed E-state index contributed by atoms with van der Waals surface area (Å²) in [6, 6.07) is 7.22. The summed E-state index contributed by atoms with van der Waals surface area (Å²) in [7, 11) is 2.17. The van der Waals surface area contributed by atoms with Gasteiger partial charge in [-0.25, -0.2) is 0 Å². The Morgan fingerprint density at radius 1 is 1.32 bits per heavy atom. The van der Waals surface area contributed by atoms with Gasteiger partial charge in [-0.15, -0.1) is 0 Å². The van der Waals surface area contributed by atoms with E-state index in [1.54, 1.807) is 0 Å². The average Bonchev–Trinajstić information content (AvgIpc) is 2.85. The number of ether oxygens (including phenoxy) is 1. The Kier molecular flexibility index (Phi) is 5.23. The summed E-state index contributed by atoms with van der Waals surface area (Å²) in [4.78, 5) is 2.36. The smallest absolute Gasteiger partial charge is 0.122 e. The second-order valence-corrected chi connectivity index (χ2v) is 5.61. The van der Waals surface area contributed by atoms with Gasteiger partial charge in [0.25, 0.3) is 0 Å². The van der Waals surface area contributed by atoms with E-state index < -0.39 is 0 Å². The van der Waals surface area contributed by atoms with E-state index in [0.29, 0.717) is 6.04 Å². The van der Waals surface area contributed by atoms with E-state index in [4.69, 9.17) is 4.74 Å². The maximum absolute atomic E-state index is 5.52. The zero-order valence-electron chi connectivity index (χ0n) is 12.4. The molecule has 0 aromatic heterocycles. The Hall–Kier alpha value is -1.06. The van der Waals surface area contributed by atoms with E-state index in [0.717, 1.165) is 44.8 Å². The summed E-state index contributed by atoms with van der Waals surface area (Å²) in [6.45, 7) is 8.52. The summed E-state index contributed by atoms with van der Waals surface area (Å²) >= 11 is 0. The van der Waals surface area contributed by atoms with Crippen LogP contribution in [-0.2, 0) is 12.8 Å². The lowest BCUT2D eigenvalue weighted by molar-refractivity contribution is 0.274. The first kappa shape index (κ1) is 14.4. The number of hydrogen-bond donors (Lipinski definition) is 1. The highest BCUT2D eigenvalue weighted by molar-refractivity contribution is 5.39. The molecule has 1 N–H and O–H groups in total. The fourth-order valence-corrected chi connectivity index (χ4v) is 2.27. The summed E-state index contributed by atoms with van der Waals surface area (Å²) in [6.07, 6.45) is 2.16. The van der Waals surface area contributed by atoms with Gasteiger partial charge in [-0.2, -0.15) is 0 Å². The maximum Gasteiger partial charge on any atom is 0.122 e. The molecule has 0 fully saturated rings. The number of nitrogens with one attached hydrogen (secondary N) is 1. The average molecular weight is 262 g/mol. The van der Waals surface area contributed by atoms with Gasteiger partial charge in [0.2, 0.25) is 0 Å². The molecule has 1 aromatic carbocycles. The van der Waals surface area contributed by atoms with E-state index >= 15 is 0 Å². The molecule has 1 aliphatic rings. The minimum absolute atomic E-state index is 0.624. The quantitative estimate of drug-likeness (QED) is 0.762. The molecule has 0 bridgehead atoms. The summed E-state index contributed by atoms with van der Waals surface area (Å²) in [5, 5.41) is 3.51. The van der Waals surface area contributed by atoms with Crippen molar-refractivity contribution in [2.24, 2.45) is 0 Å². The van der Waals surface area contributed by atoms with Crippen LogP contribution < -0.4 is 10.1 Å². The van der Waals surface area contributed by atoms with Crippen LogP contribution in [0, 0.1) is 0 Å². The molecule has 0 saturated heterocycles. The molecule has 0 radical (unpaired) electrons. The largest absolute Gasteiger partial charge is 0.493 e. The van der Waals surface area contributed by atoms with Crippen LogP contribution in [0.3, 0.4) is 0 Å². The lowest BCUT2D eigenvalue weighted by Crippen LogP contribution is -2.34. The van der Waals surface area contributed by atoms with Gasteiger partial charge in [0.05, 0.1) is 6.61 Å². The van der Waals surface area contributed by atoms with Crippen LogP contribution in [0.5, 0.6) is 5.75 Å². The minimum atomic E-state index is 0.624. The minimum Gasteiger partial charge on any atom is -0.493 e. The van der Waals surface area contributed by atoms with Gasteiger partial charge in [0, 0.05) is 25.6 Å². The van der Waals surface area contributed by atoms with Gasteiger partial charge in [-0.3, -0.25) is 0 Å². The third-order valence-corrected chi connectivity index (χ3v) is 3.87. The Morgan fingerprint density at radius 2 is 2.16 bits per heavy atom. The fraction of sp³-hybridized carbons (Fsp3) is 0.625. The van der Waals surface area contributed by atoms with Crippen molar-refractivity contribution >= 4 is 0 Å². The van der Waals surface area contributed by atoms with Gasteiger partial charge >= 0.3 is 0 Å². The maximum atomic E-state index is 5.52. The molecule has 0 spiro atoms. The normalized spacial score (nSPS) is 13.9. The van der Waals surface area contributed by atoms with Crippen molar-refractivity contribution in [2.45, 2.75) is 32.7 Å². The molecule has 3 nitrogen and oxygen atoms in total. The summed E-state index contributed by atoms with van der Waals surface area (Å²) < 4.78 is 5.52. The molecule has 1 aliphatic heterocycles. The first-order valence-electron chi connectivity index (χ1n) is 7.32. The number of nitrogens with zero attached hydrogens (tertiary/aromatic N) is 1. The molecule has 0 atom stereocenters. The number of likely N-dealkylation sites (N-methyl/N-ethyl adjacent to an activating group) is 1. The van der Waals surface area contributed by atoms with E-state index in [1.807, 2.05) is 0 Å². The highest BCUT2D eigenvalue weighted by Crippen LogP contribution is 2.25. The first-order chi connectivity index (χ1) is 9.16. The Balaban J connectivity index is 1.66. The number of hydrogen-bond acceptors (Lipinski definition) is 3. The van der Waals surface area contributed by atoms with E-state index in [2.05, 4.69) is 49.3 Å². The van der Waals surface area contributed by atoms with E-state index in [1.165, 1.54) is 11.1 Å². The van der Waals surface area contributed by atoms with Crippen molar-refractivity contribution < 1.29 is 4.74 Å². The van der Waals surface area contributed by atoms with Crippen molar-refractivity contribution in [2.75, 3.05) is 33.3 Å². The standard InChI is InChI=1S/C16H26N2O/c1-13(2)18(3)10-9-17-8-6-14-4-5-16-15(12-14)7-11-19-16/h4-5,12-13,17H,6-11H2,1-3H3. The Morgan fingerprint density at radius 3 is 2.95 bits per heavy atom. The van der Waals surface area contributed by atoms with Crippen molar-refractivity contribution in [3.8, 4) is 5.75 Å². The predicted octanol–water partition coefficient (Wildman–Crippen LogP) is 2.09. The van der Waals surface area contributed by atoms with Gasteiger partial charge in [-0.1, -0.05) is 12.1 Å². The molecule has 2 rings (SSSR count). The first-order valence-corrected chi connectivity index (χ1v) is 7.32. The van der Waals surface area contributed by atoms with Gasteiger partial charge in [0.15, 0.2) is 0 Å². The predicted molar refractivity (Wildman–Crippen MR) is 80.0 cm³/mol. The van der Waals surface area contributed by atoms with Crippen LogP contribution in [0.2, 0.25) is 0 Å². The van der Waals surface area contributed by atoms with Gasteiger partial charge < -0.3 is 15.0 Å². The van der Waals surface area contributed by atoms with Crippen LogP contribution in [0.15, 0.2) is 18.2 Å². The molecular formula is C16H26N2O. The second-order valence-electron chi connectivity index (χ2n) is 5.61. The molecule has 0 aliphatic carbocycles. The third kappa shape index (κ3) is 4.22. The van der Waals surface area contributed by atoms with Crippen LogP contribution in [-0.4, -0.2) is 44.2 Å². The molecule has 19 heavy (non-hydrogen) atoms. The molecule has 0 unspecified atom stereocenters. The van der Waals surface area contributed by atoms with Crippen LogP contribution in [0.25, 0.3) is 0 Å². The molecule has 0 amide bonds. The fourth-order valence-electron chi connectivity index (χ4n) is 2.27. The van der Waals surface area contributed by atoms with Crippen LogP contribution in [0.1, 0.15) is 25.0 Å². The number of fused-ring (bicyclic) bond motifs is 1. The van der Waals surface area contributed by atoms with Crippen molar-refractivity contribution in [3.63, 3.8) is 0 Å². The molecule has 0 saturated carbocycles. The van der Waals surface area contributed by atoms with Crippen molar-refractivity contribution in [1.82, 2.24) is 10.2 Å². The number of rotatable bonds is 7. The Labute approximate surface area is 116 Å². The summed E-state index contributed by atoms with van der Waals surface area (Å²) in [5.74, 6) is 1.08. The van der Waals surface area contributed by atoms with Gasteiger partial charge in [-0.05, 0) is 51.1 Å². The molecule has 1 heterocycles. The SMILES string of the molecule is CC(C)N(C)CCNCCc1ccc2c(c1)CCO2. The van der Waals surface area contributed by atoms with Crippen molar-refractivity contribution in [3.05, 3.63) is 29.3 Å². The summed E-state index contributed by atoms with van der Waals surface area (Å²) in [5.41, 5.74) is 2.78. The monoisotopic (exact) mass is 262 g/mol. The van der Waals surface area contributed by atoms with Gasteiger partial charge in [0.1, 0.15) is 5.75 Å². The molecule has 3 heteroatoms. The lowest BCUT2D eigenvalue weighted by atomic mass is 10.1. The molecule has 106 valence electrons. The highest BCUT2D eigenvalue weighted by Gasteiger charge is 2.11. The number of benzene rings is 1. The second kappa shape index (κ2) is 6.92. The van der Waals surface area contributed by atoms with Crippen LogP contribution >= 0.6 is 0 Å². The lowest BCUT2D eigenvalue weighted by Gasteiger charge is -2.20.